The van der Waals surface area contributed by atoms with E-state index >= 15 is 0 Å². The van der Waals surface area contributed by atoms with Crippen molar-refractivity contribution in [3.8, 4) is 22.6 Å². The van der Waals surface area contributed by atoms with Crippen LogP contribution in [0.4, 0.5) is 21.7 Å². The van der Waals surface area contributed by atoms with Gasteiger partial charge in [0.25, 0.3) is 0 Å². The Bertz CT molecular complexity index is 1400. The number of benzene rings is 2. The van der Waals surface area contributed by atoms with Gasteiger partial charge < -0.3 is 29.5 Å². The van der Waals surface area contributed by atoms with Crippen molar-refractivity contribution >= 4 is 17.3 Å². The fraction of sp³-hybridized carbons (Fsp3) is 0.357. The van der Waals surface area contributed by atoms with Crippen molar-refractivity contribution in [3.05, 3.63) is 68.0 Å². The molecule has 6 rings (SSSR count). The Kier molecular flexibility index (Phi) is 11.4. The number of aromatic nitrogens is 6. The van der Waals surface area contributed by atoms with Crippen molar-refractivity contribution in [1.82, 2.24) is 35.1 Å². The van der Waals surface area contributed by atoms with E-state index in [0.29, 0.717) is 28.9 Å². The molecular formula is C28H33FN9O3U+. The zero-order valence-corrected chi connectivity index (χ0v) is 27.5. The first-order valence-electron chi connectivity index (χ1n) is 13.4. The summed E-state index contributed by atoms with van der Waals surface area (Å²) >= 11 is 0. The number of nitrogens with zero attached hydrogens (tertiary/aromatic N) is 8. The number of ether oxygens (including phenoxy) is 2. The molecule has 0 spiro atoms. The third-order valence-corrected chi connectivity index (χ3v) is 7.15. The van der Waals surface area contributed by atoms with Crippen LogP contribution in [0.15, 0.2) is 55.1 Å². The Labute approximate surface area is 267 Å². The van der Waals surface area contributed by atoms with Crippen LogP contribution in [0.5, 0.6) is 11.5 Å². The van der Waals surface area contributed by atoms with Crippen molar-refractivity contribution < 1.29 is 50.1 Å². The van der Waals surface area contributed by atoms with E-state index in [1.165, 1.54) is 23.1 Å². The Balaban J connectivity index is 0.000000516. The van der Waals surface area contributed by atoms with Crippen LogP contribution in [0.25, 0.3) is 11.1 Å². The van der Waals surface area contributed by atoms with Crippen LogP contribution >= 0.6 is 0 Å². The quantitative estimate of drug-likeness (QED) is 0.279. The van der Waals surface area contributed by atoms with E-state index in [9.17, 15) is 9.50 Å². The molecule has 0 bridgehead atoms. The molecule has 2 aliphatic rings. The molecule has 0 saturated carbocycles. The fourth-order valence-corrected chi connectivity index (χ4v) is 4.95. The maximum Gasteiger partial charge on any atom is 2.00 e. The molecule has 0 amide bonds. The van der Waals surface area contributed by atoms with Gasteiger partial charge in [-0.15, -0.1) is 0 Å². The first-order chi connectivity index (χ1) is 20.0. The van der Waals surface area contributed by atoms with Crippen LogP contribution < -0.4 is 15.0 Å². The van der Waals surface area contributed by atoms with E-state index in [4.69, 9.17) is 9.47 Å². The number of methoxy groups -OCH3 is 1. The average molecular weight is 801 g/mol. The normalized spacial score (nSPS) is 15.7. The van der Waals surface area contributed by atoms with Crippen LogP contribution in [0, 0.1) is 44.0 Å². The second-order valence-electron chi connectivity index (χ2n) is 9.69. The summed E-state index contributed by atoms with van der Waals surface area (Å²) in [6, 6.07) is 10.9. The maximum absolute atomic E-state index is 13.3. The van der Waals surface area contributed by atoms with Gasteiger partial charge in [-0.2, -0.15) is 7.05 Å². The summed E-state index contributed by atoms with van der Waals surface area (Å²) in [7, 11) is 5.01. The minimum Gasteiger partial charge on any atom is -0.505 e. The van der Waals surface area contributed by atoms with Crippen LogP contribution in [0.1, 0.15) is 12.8 Å². The van der Waals surface area contributed by atoms with Crippen molar-refractivity contribution in [2.24, 2.45) is 0 Å². The summed E-state index contributed by atoms with van der Waals surface area (Å²) in [5.41, 5.74) is 3.22. The first-order valence-corrected chi connectivity index (χ1v) is 13.4. The van der Waals surface area contributed by atoms with Crippen molar-refractivity contribution in [2.45, 2.75) is 18.9 Å². The second-order valence-corrected chi connectivity index (χ2v) is 9.69. The monoisotopic (exact) mass is 800 g/mol. The minimum atomic E-state index is -0.662. The Morgan fingerprint density at radius 2 is 1.76 bits per heavy atom. The van der Waals surface area contributed by atoms with E-state index in [2.05, 4.69) is 53.7 Å². The van der Waals surface area contributed by atoms with Gasteiger partial charge in [0.2, 0.25) is 5.95 Å². The molecular weight excluding hydrogens is 767 g/mol. The molecule has 4 aromatic rings. The summed E-state index contributed by atoms with van der Waals surface area (Å²) < 4.78 is 25.7. The minimum absolute atomic E-state index is 0. The van der Waals surface area contributed by atoms with Crippen LogP contribution in [0.2, 0.25) is 0 Å². The molecule has 0 atom stereocenters. The second kappa shape index (κ2) is 15.2. The van der Waals surface area contributed by atoms with Crippen molar-refractivity contribution in [3.63, 3.8) is 0 Å². The molecule has 12 nitrogen and oxygen atoms in total. The zero-order chi connectivity index (χ0) is 28.6. The molecule has 4 heterocycles. The number of piperidine rings is 1. The number of tetrazole rings is 1. The molecule has 2 N–H and O–H groups in total. The molecule has 2 fully saturated rings. The van der Waals surface area contributed by atoms with E-state index in [0.717, 1.165) is 63.6 Å². The number of halogens is 1. The van der Waals surface area contributed by atoms with Gasteiger partial charge in [-0.05, 0) is 54.2 Å². The predicted molar refractivity (Wildman–Crippen MR) is 152 cm³/mol. The number of anilines is 3. The third kappa shape index (κ3) is 8.10. The van der Waals surface area contributed by atoms with E-state index < -0.39 is 11.6 Å². The van der Waals surface area contributed by atoms with Gasteiger partial charge in [0, 0.05) is 61.9 Å². The summed E-state index contributed by atoms with van der Waals surface area (Å²) in [6.45, 7) is 5.79. The summed E-state index contributed by atoms with van der Waals surface area (Å²) in [6.07, 6.45) is 6.96. The number of aromatic hydroxyl groups is 1. The Morgan fingerprint density at radius 1 is 1.02 bits per heavy atom. The smallest absolute Gasteiger partial charge is 0.505 e. The standard InChI is InChI=1S/C26H30FN5O3.C2H3N4.U/c1-34-25-15-21(31-8-6-20(7-9-31)32-10-12-35-13-11-32)3-5-23(25)30-26-28-16-19(17-29-26)18-2-4-22(27)24(33)14-18;1-6-2-3-4-5-6;/h2-5,14-17,20,33H,6-13H2,1H3,(H,28,29,30);2H,1H2;/q;-1;+2. The number of phenols is 1. The number of rotatable bonds is 6. The molecule has 2 saturated heterocycles. The third-order valence-electron chi connectivity index (χ3n) is 7.15. The zero-order valence-electron chi connectivity index (χ0n) is 23.4. The maximum atomic E-state index is 13.3. The Morgan fingerprint density at radius 3 is 2.36 bits per heavy atom. The van der Waals surface area contributed by atoms with Gasteiger partial charge in [0.15, 0.2) is 11.6 Å². The number of morpholine rings is 1. The average Bonchev–Trinajstić information content (AvgIpc) is 3.51. The van der Waals surface area contributed by atoms with Gasteiger partial charge >= 0.3 is 31.1 Å². The molecule has 0 unspecified atom stereocenters. The molecule has 2 aliphatic heterocycles. The van der Waals surface area contributed by atoms with Gasteiger partial charge in [0.05, 0.1) is 26.0 Å². The summed E-state index contributed by atoms with van der Waals surface area (Å²) in [5.74, 6) is 0.0659. The predicted octanol–water partition coefficient (Wildman–Crippen LogP) is 3.35. The van der Waals surface area contributed by atoms with Crippen LogP contribution in [-0.4, -0.2) is 92.7 Å². The van der Waals surface area contributed by atoms with E-state index in [-0.39, 0.29) is 31.1 Å². The molecule has 218 valence electrons. The van der Waals surface area contributed by atoms with E-state index in [1.54, 1.807) is 25.6 Å². The molecule has 42 heavy (non-hydrogen) atoms. The number of hydrogen-bond acceptors (Lipinski definition) is 11. The van der Waals surface area contributed by atoms with E-state index in [1.807, 2.05) is 12.1 Å². The number of hydrogen-bond donors (Lipinski definition) is 2. The van der Waals surface area contributed by atoms with Gasteiger partial charge in [0.1, 0.15) is 5.75 Å². The van der Waals surface area contributed by atoms with Gasteiger partial charge in [-0.1, -0.05) is 11.3 Å². The van der Waals surface area contributed by atoms with Gasteiger partial charge in [-0.25, -0.2) is 19.5 Å². The number of nitrogens with one attached hydrogen (secondary N) is 1. The first kappa shape index (κ1) is 31.5. The van der Waals surface area contributed by atoms with Gasteiger partial charge in [-0.3, -0.25) is 4.90 Å². The molecule has 0 aliphatic carbocycles. The van der Waals surface area contributed by atoms with Crippen molar-refractivity contribution in [2.75, 3.05) is 56.7 Å². The summed E-state index contributed by atoms with van der Waals surface area (Å²) in [4.78, 5) is 13.7. The SMILES string of the molecule is COc1cc(N2CCC(N3CCOCC3)CC2)ccc1Nc1ncc(-c2ccc(F)c(O)c2)cn1.[CH2-]n1cnnn1.[U+2]. The topological polar surface area (TPSA) is 127 Å². The van der Waals surface area contributed by atoms with Crippen LogP contribution in [-0.2, 0) is 4.74 Å². The fourth-order valence-electron chi connectivity index (χ4n) is 4.95. The summed E-state index contributed by atoms with van der Waals surface area (Å²) in [5, 5.41) is 22.8. The largest absolute Gasteiger partial charge is 2.00 e. The Hall–Kier alpha value is -3.44. The van der Waals surface area contributed by atoms with Crippen LogP contribution in [0.3, 0.4) is 0 Å². The van der Waals surface area contributed by atoms with Crippen molar-refractivity contribution in [1.29, 1.82) is 0 Å². The molecule has 0 radical (unpaired) electrons. The molecule has 14 heteroatoms. The molecule has 2 aromatic heterocycles. The number of phenolic OH excluding ortho intramolecular Hbond substituents is 1. The molecule has 2 aromatic carbocycles.